The van der Waals surface area contributed by atoms with Crippen LogP contribution in [0.1, 0.15) is 11.1 Å². The number of aromatic nitrogens is 1. The number of benzene rings is 1. The topological polar surface area (TPSA) is 38.9 Å². The molecule has 0 unspecified atom stereocenters. The van der Waals surface area contributed by atoms with E-state index in [1.165, 1.54) is 35.2 Å². The smallest absolute Gasteiger partial charge is 0.375 e. The molecule has 0 bridgehead atoms. The Kier molecular flexibility index (Phi) is 3.82. The van der Waals surface area contributed by atoms with Gasteiger partial charge in [0.1, 0.15) is 0 Å². The Morgan fingerprint density at radius 1 is 1.28 bits per heavy atom. The van der Waals surface area contributed by atoms with Crippen LogP contribution in [-0.4, -0.2) is 4.98 Å². The highest BCUT2D eigenvalue weighted by Crippen LogP contribution is 2.36. The van der Waals surface area contributed by atoms with Crippen molar-refractivity contribution in [3.05, 3.63) is 41.6 Å². The summed E-state index contributed by atoms with van der Waals surface area (Å²) in [7, 11) is 0. The zero-order valence-electron chi connectivity index (χ0n) is 9.07. The summed E-state index contributed by atoms with van der Waals surface area (Å²) >= 11 is 2.57. The molecular formula is C11H9F3N2S2. The van der Waals surface area contributed by atoms with Crippen LogP contribution in [0.15, 0.2) is 34.7 Å². The number of anilines is 1. The average Bonchev–Trinajstić information content (AvgIpc) is 2.72. The second kappa shape index (κ2) is 5.19. The molecule has 0 saturated heterocycles. The number of alkyl halides is 3. The van der Waals surface area contributed by atoms with Crippen LogP contribution < -0.4 is 5.73 Å². The van der Waals surface area contributed by atoms with Gasteiger partial charge in [-0.25, -0.2) is 4.98 Å². The van der Waals surface area contributed by atoms with Crippen LogP contribution in [0.3, 0.4) is 0 Å². The third kappa shape index (κ3) is 3.17. The summed E-state index contributed by atoms with van der Waals surface area (Å²) in [5, 5.41) is 0.418. The fraction of sp³-hybridized carbons (Fsp3) is 0.182. The largest absolute Gasteiger partial charge is 0.416 e. The van der Waals surface area contributed by atoms with Crippen molar-refractivity contribution < 1.29 is 13.2 Å². The second-order valence-corrected chi connectivity index (χ2v) is 5.80. The predicted octanol–water partition coefficient (Wildman–Crippen LogP) is 4.04. The molecule has 0 fully saturated rings. The van der Waals surface area contributed by atoms with E-state index in [1.54, 1.807) is 12.3 Å². The van der Waals surface area contributed by atoms with Gasteiger partial charge in [0, 0.05) is 5.75 Å². The number of rotatable bonds is 3. The molecule has 0 spiro atoms. The highest BCUT2D eigenvalue weighted by Gasteiger charge is 2.32. The van der Waals surface area contributed by atoms with Crippen molar-refractivity contribution in [3.63, 3.8) is 0 Å². The molecule has 0 aliphatic carbocycles. The van der Waals surface area contributed by atoms with E-state index in [2.05, 4.69) is 4.98 Å². The van der Waals surface area contributed by atoms with Crippen molar-refractivity contribution in [2.75, 3.05) is 5.73 Å². The number of hydrogen-bond acceptors (Lipinski definition) is 4. The van der Waals surface area contributed by atoms with Gasteiger partial charge in [0.15, 0.2) is 5.13 Å². The maximum Gasteiger partial charge on any atom is 0.416 e. The lowest BCUT2D eigenvalue weighted by Gasteiger charge is -2.11. The SMILES string of the molecule is Nc1ncc(SCc2ccccc2C(F)(F)F)s1. The third-order valence-electron chi connectivity index (χ3n) is 2.20. The van der Waals surface area contributed by atoms with Crippen molar-refractivity contribution in [1.29, 1.82) is 0 Å². The quantitative estimate of drug-likeness (QED) is 0.867. The molecule has 0 atom stereocenters. The fourth-order valence-electron chi connectivity index (χ4n) is 1.41. The first-order valence-electron chi connectivity index (χ1n) is 4.96. The van der Waals surface area contributed by atoms with Gasteiger partial charge < -0.3 is 5.73 Å². The lowest BCUT2D eigenvalue weighted by molar-refractivity contribution is -0.138. The Hall–Kier alpha value is -1.21. The molecule has 1 heterocycles. The average molecular weight is 290 g/mol. The Bertz CT molecular complexity index is 537. The summed E-state index contributed by atoms with van der Waals surface area (Å²) in [4.78, 5) is 3.85. The van der Waals surface area contributed by atoms with Crippen LogP contribution in [-0.2, 0) is 11.9 Å². The number of nitrogens with zero attached hydrogens (tertiary/aromatic N) is 1. The first-order chi connectivity index (χ1) is 8.47. The van der Waals surface area contributed by atoms with Gasteiger partial charge in [0.05, 0.1) is 16.0 Å². The van der Waals surface area contributed by atoms with Gasteiger partial charge in [-0.2, -0.15) is 13.2 Å². The fourth-order valence-corrected chi connectivity index (χ4v) is 3.17. The molecule has 1 aromatic carbocycles. The van der Waals surface area contributed by atoms with Gasteiger partial charge in [-0.15, -0.1) is 11.8 Å². The number of hydrogen-bond donors (Lipinski definition) is 1. The molecule has 0 saturated carbocycles. The lowest BCUT2D eigenvalue weighted by atomic mass is 10.1. The second-order valence-electron chi connectivity index (χ2n) is 3.46. The molecular weight excluding hydrogens is 281 g/mol. The maximum absolute atomic E-state index is 12.7. The van der Waals surface area contributed by atoms with E-state index >= 15 is 0 Å². The van der Waals surface area contributed by atoms with E-state index in [9.17, 15) is 13.2 Å². The highest BCUT2D eigenvalue weighted by atomic mass is 32.2. The van der Waals surface area contributed by atoms with E-state index in [-0.39, 0.29) is 11.3 Å². The van der Waals surface area contributed by atoms with Crippen molar-refractivity contribution >= 4 is 28.2 Å². The number of thiazole rings is 1. The molecule has 0 radical (unpaired) electrons. The van der Waals surface area contributed by atoms with Gasteiger partial charge in [-0.05, 0) is 11.6 Å². The minimum Gasteiger partial charge on any atom is -0.375 e. The van der Waals surface area contributed by atoms with Crippen LogP contribution in [0.2, 0.25) is 0 Å². The van der Waals surface area contributed by atoms with E-state index in [1.807, 2.05) is 0 Å². The van der Waals surface area contributed by atoms with Crippen LogP contribution in [0.5, 0.6) is 0 Å². The first kappa shape index (κ1) is 13.2. The number of thioether (sulfide) groups is 1. The standard InChI is InChI=1S/C11H9F3N2S2/c12-11(13,14)8-4-2-1-3-7(8)6-17-9-5-16-10(15)18-9/h1-5H,6H2,(H2,15,16). The van der Waals surface area contributed by atoms with Crippen molar-refractivity contribution in [2.24, 2.45) is 0 Å². The van der Waals surface area contributed by atoms with Gasteiger partial charge in [0.2, 0.25) is 0 Å². The summed E-state index contributed by atoms with van der Waals surface area (Å²) in [6, 6.07) is 5.57. The van der Waals surface area contributed by atoms with E-state index in [4.69, 9.17) is 5.73 Å². The number of nitrogens with two attached hydrogens (primary N) is 1. The Morgan fingerprint density at radius 3 is 2.61 bits per heavy atom. The summed E-state index contributed by atoms with van der Waals surface area (Å²) in [5.74, 6) is 0.247. The molecule has 1 aromatic heterocycles. The van der Waals surface area contributed by atoms with Crippen LogP contribution >= 0.6 is 23.1 Å². The van der Waals surface area contributed by atoms with Crippen LogP contribution in [0, 0.1) is 0 Å². The molecule has 2 rings (SSSR count). The maximum atomic E-state index is 12.7. The third-order valence-corrected chi connectivity index (χ3v) is 4.27. The molecule has 0 aliphatic rings. The minimum absolute atomic E-state index is 0.247. The Labute approximate surface area is 110 Å². The molecule has 0 amide bonds. The van der Waals surface area contributed by atoms with Gasteiger partial charge in [0.25, 0.3) is 0 Å². The zero-order chi connectivity index (χ0) is 13.2. The van der Waals surface area contributed by atoms with Crippen LogP contribution in [0.4, 0.5) is 18.3 Å². The van der Waals surface area contributed by atoms with Crippen molar-refractivity contribution in [1.82, 2.24) is 4.98 Å². The van der Waals surface area contributed by atoms with E-state index in [0.717, 1.165) is 10.3 Å². The minimum atomic E-state index is -4.32. The summed E-state index contributed by atoms with van der Waals surface area (Å²) in [5.41, 5.74) is 5.14. The molecule has 2 nitrogen and oxygen atoms in total. The van der Waals surface area contributed by atoms with Gasteiger partial charge >= 0.3 is 6.18 Å². The van der Waals surface area contributed by atoms with Crippen molar-refractivity contribution in [2.45, 2.75) is 16.1 Å². The molecule has 7 heteroatoms. The number of nitrogen functional groups attached to an aromatic ring is 1. The number of halogens is 3. The first-order valence-corrected chi connectivity index (χ1v) is 6.76. The Balaban J connectivity index is 2.14. The molecule has 2 aromatic rings. The van der Waals surface area contributed by atoms with Crippen LogP contribution in [0.25, 0.3) is 0 Å². The molecule has 2 N–H and O–H groups in total. The lowest BCUT2D eigenvalue weighted by Crippen LogP contribution is -2.08. The normalized spacial score (nSPS) is 11.7. The van der Waals surface area contributed by atoms with Gasteiger partial charge in [-0.1, -0.05) is 29.5 Å². The van der Waals surface area contributed by atoms with E-state index < -0.39 is 11.7 Å². The highest BCUT2D eigenvalue weighted by molar-refractivity contribution is 8.00. The Morgan fingerprint density at radius 2 is 2.00 bits per heavy atom. The molecule has 96 valence electrons. The van der Waals surface area contributed by atoms with E-state index in [0.29, 0.717) is 5.13 Å². The molecule has 0 aliphatic heterocycles. The predicted molar refractivity (Wildman–Crippen MR) is 67.5 cm³/mol. The summed E-state index contributed by atoms with van der Waals surface area (Å²) < 4.78 is 39.0. The monoisotopic (exact) mass is 290 g/mol. The molecule has 18 heavy (non-hydrogen) atoms. The summed E-state index contributed by atoms with van der Waals surface area (Å²) in [6.07, 6.45) is -2.75. The zero-order valence-corrected chi connectivity index (χ0v) is 10.7. The van der Waals surface area contributed by atoms with Gasteiger partial charge in [-0.3, -0.25) is 0 Å². The summed E-state index contributed by atoms with van der Waals surface area (Å²) in [6.45, 7) is 0. The van der Waals surface area contributed by atoms with Crippen molar-refractivity contribution in [3.8, 4) is 0 Å².